The van der Waals surface area contributed by atoms with Crippen molar-refractivity contribution in [1.82, 2.24) is 15.8 Å². The molecule has 7 nitrogen and oxygen atoms in total. The van der Waals surface area contributed by atoms with Crippen molar-refractivity contribution in [2.24, 2.45) is 0 Å². The number of amides is 3. The molecular weight excluding hydrogens is 378 g/mol. The maximum atomic E-state index is 12.6. The highest BCUT2D eigenvalue weighted by Crippen LogP contribution is 2.25. The maximum Gasteiger partial charge on any atom is 0.305 e. The molecule has 1 atom stereocenters. The van der Waals surface area contributed by atoms with Crippen LogP contribution in [0.3, 0.4) is 0 Å². The van der Waals surface area contributed by atoms with E-state index in [2.05, 4.69) is 10.9 Å². The lowest BCUT2D eigenvalue weighted by Gasteiger charge is -2.23. The van der Waals surface area contributed by atoms with Gasteiger partial charge in [-0.2, -0.15) is 0 Å². The number of likely N-dealkylation sites (tertiary alicyclic amines) is 1. The molecule has 1 saturated heterocycles. The average Bonchev–Trinajstić information content (AvgIpc) is 3.45. The first-order valence-corrected chi connectivity index (χ1v) is 9.87. The molecule has 0 unspecified atom stereocenters. The highest BCUT2D eigenvalue weighted by atomic mass is 32.1. The van der Waals surface area contributed by atoms with Gasteiger partial charge >= 0.3 is 5.91 Å². The number of para-hydroxylation sites is 1. The first kappa shape index (κ1) is 18.2. The van der Waals surface area contributed by atoms with Crippen LogP contribution in [0.2, 0.25) is 0 Å². The van der Waals surface area contributed by atoms with Crippen molar-refractivity contribution >= 4 is 40.0 Å². The van der Waals surface area contributed by atoms with Crippen LogP contribution < -0.4 is 10.9 Å². The van der Waals surface area contributed by atoms with Crippen LogP contribution in [0.1, 0.15) is 38.6 Å². The molecule has 1 aliphatic rings. The Morgan fingerprint density at radius 3 is 2.71 bits per heavy atom. The first-order chi connectivity index (χ1) is 13.6. The monoisotopic (exact) mass is 397 g/mol. The third kappa shape index (κ3) is 3.27. The molecule has 1 aromatic carbocycles. The summed E-state index contributed by atoms with van der Waals surface area (Å²) in [6, 6.07) is 10.3. The Morgan fingerprint density at radius 1 is 1.14 bits per heavy atom. The van der Waals surface area contributed by atoms with Gasteiger partial charge in [0, 0.05) is 17.5 Å². The van der Waals surface area contributed by atoms with Gasteiger partial charge in [-0.3, -0.25) is 25.2 Å². The van der Waals surface area contributed by atoms with Crippen LogP contribution in [0.15, 0.2) is 46.2 Å². The Balaban J connectivity index is 1.42. The van der Waals surface area contributed by atoms with Crippen LogP contribution in [0, 0.1) is 6.92 Å². The molecule has 0 aliphatic carbocycles. The standard InChI is InChI=1S/C20H19N3O4S/c1-12-13-6-2-3-8-15(13)27-17(12)19(25)22-21-18(24)14-7-4-10-23(14)20(26)16-9-5-11-28-16/h2-3,5-6,8-9,11,14H,4,7,10H2,1H3,(H,21,24)(H,22,25)/t14-/m0/s1. The highest BCUT2D eigenvalue weighted by Gasteiger charge is 2.35. The maximum absolute atomic E-state index is 12.6. The van der Waals surface area contributed by atoms with Crippen molar-refractivity contribution in [1.29, 1.82) is 0 Å². The number of furan rings is 1. The number of hydrogen-bond acceptors (Lipinski definition) is 5. The molecule has 3 heterocycles. The van der Waals surface area contributed by atoms with Crippen molar-refractivity contribution in [3.8, 4) is 0 Å². The number of hydrazine groups is 1. The van der Waals surface area contributed by atoms with Gasteiger partial charge in [-0.05, 0) is 37.3 Å². The minimum absolute atomic E-state index is 0.152. The van der Waals surface area contributed by atoms with Gasteiger partial charge in [0.2, 0.25) is 0 Å². The second-order valence-electron chi connectivity index (χ2n) is 6.63. The summed E-state index contributed by atoms with van der Waals surface area (Å²) in [6.07, 6.45) is 1.30. The van der Waals surface area contributed by atoms with Gasteiger partial charge in [-0.15, -0.1) is 11.3 Å². The number of fused-ring (bicyclic) bond motifs is 1. The number of carbonyl (C=O) groups excluding carboxylic acids is 3. The summed E-state index contributed by atoms with van der Waals surface area (Å²) in [7, 11) is 0. The van der Waals surface area contributed by atoms with E-state index in [1.165, 1.54) is 11.3 Å². The lowest BCUT2D eigenvalue weighted by atomic mass is 10.1. The summed E-state index contributed by atoms with van der Waals surface area (Å²) < 4.78 is 5.60. The summed E-state index contributed by atoms with van der Waals surface area (Å²) in [4.78, 5) is 39.8. The van der Waals surface area contributed by atoms with Gasteiger partial charge in [0.1, 0.15) is 11.6 Å². The zero-order chi connectivity index (χ0) is 19.7. The van der Waals surface area contributed by atoms with Gasteiger partial charge < -0.3 is 9.32 Å². The molecule has 0 radical (unpaired) electrons. The summed E-state index contributed by atoms with van der Waals surface area (Å²) in [6.45, 7) is 2.31. The fourth-order valence-corrected chi connectivity index (χ4v) is 4.15. The zero-order valence-electron chi connectivity index (χ0n) is 15.2. The van der Waals surface area contributed by atoms with Crippen LogP contribution >= 0.6 is 11.3 Å². The number of nitrogens with one attached hydrogen (secondary N) is 2. The van der Waals surface area contributed by atoms with Crippen molar-refractivity contribution in [3.05, 3.63) is 58.0 Å². The smallest absolute Gasteiger partial charge is 0.305 e. The largest absolute Gasteiger partial charge is 0.451 e. The third-order valence-electron chi connectivity index (χ3n) is 4.90. The number of hydrogen-bond donors (Lipinski definition) is 2. The SMILES string of the molecule is Cc1c(C(=O)NNC(=O)[C@@H]2CCCN2C(=O)c2cccs2)oc2ccccc12. The van der Waals surface area contributed by atoms with Gasteiger partial charge in [0.15, 0.2) is 5.76 Å². The summed E-state index contributed by atoms with van der Waals surface area (Å²) in [5, 5.41) is 2.68. The molecule has 0 spiro atoms. The predicted molar refractivity (Wildman–Crippen MR) is 105 cm³/mol. The molecule has 0 saturated carbocycles. The van der Waals surface area contributed by atoms with Crippen LogP contribution in [0.25, 0.3) is 11.0 Å². The van der Waals surface area contributed by atoms with Crippen molar-refractivity contribution in [2.45, 2.75) is 25.8 Å². The van der Waals surface area contributed by atoms with Crippen molar-refractivity contribution < 1.29 is 18.8 Å². The van der Waals surface area contributed by atoms with E-state index in [1.807, 2.05) is 23.6 Å². The van der Waals surface area contributed by atoms with Crippen LogP contribution in [0.5, 0.6) is 0 Å². The zero-order valence-corrected chi connectivity index (χ0v) is 16.0. The topological polar surface area (TPSA) is 91.7 Å². The minimum atomic E-state index is -0.605. The Labute approximate surface area is 165 Å². The summed E-state index contributed by atoms with van der Waals surface area (Å²) in [5.74, 6) is -0.952. The lowest BCUT2D eigenvalue weighted by molar-refractivity contribution is -0.125. The number of aryl methyl sites for hydroxylation is 1. The second-order valence-corrected chi connectivity index (χ2v) is 7.58. The van der Waals surface area contributed by atoms with Crippen LogP contribution in [-0.2, 0) is 4.79 Å². The van der Waals surface area contributed by atoms with Gasteiger partial charge in [-0.25, -0.2) is 0 Å². The molecule has 1 fully saturated rings. The average molecular weight is 397 g/mol. The second kappa shape index (κ2) is 7.47. The fourth-order valence-electron chi connectivity index (χ4n) is 3.47. The number of nitrogens with zero attached hydrogens (tertiary/aromatic N) is 1. The first-order valence-electron chi connectivity index (χ1n) is 8.99. The Hall–Kier alpha value is -3.13. The quantitative estimate of drug-likeness (QED) is 0.665. The number of benzene rings is 1. The van der Waals surface area contributed by atoms with Crippen molar-refractivity contribution in [2.75, 3.05) is 6.54 Å². The molecule has 4 rings (SSSR count). The molecule has 28 heavy (non-hydrogen) atoms. The van der Waals surface area contributed by atoms with E-state index in [1.54, 1.807) is 30.0 Å². The molecule has 8 heteroatoms. The molecule has 3 aromatic rings. The van der Waals surface area contributed by atoms with Gasteiger partial charge in [0.05, 0.1) is 4.88 Å². The molecule has 1 aliphatic heterocycles. The Bertz CT molecular complexity index is 1040. The van der Waals surface area contributed by atoms with E-state index in [-0.39, 0.29) is 11.7 Å². The molecule has 3 amide bonds. The third-order valence-corrected chi connectivity index (χ3v) is 5.76. The van der Waals surface area contributed by atoms with Crippen molar-refractivity contribution in [3.63, 3.8) is 0 Å². The number of rotatable bonds is 3. The van der Waals surface area contributed by atoms with E-state index >= 15 is 0 Å². The number of thiophene rings is 1. The minimum Gasteiger partial charge on any atom is -0.451 e. The van der Waals surface area contributed by atoms with E-state index in [0.717, 1.165) is 11.8 Å². The van der Waals surface area contributed by atoms with Crippen LogP contribution in [-0.4, -0.2) is 35.2 Å². The molecular formula is C20H19N3O4S. The summed E-state index contributed by atoms with van der Waals surface area (Å²) >= 11 is 1.35. The van der Waals surface area contributed by atoms with E-state index in [0.29, 0.717) is 29.0 Å². The molecule has 144 valence electrons. The Kier molecular flexibility index (Phi) is 4.87. The fraction of sp³-hybridized carbons (Fsp3) is 0.250. The van der Waals surface area contributed by atoms with E-state index < -0.39 is 17.9 Å². The lowest BCUT2D eigenvalue weighted by Crippen LogP contribution is -2.51. The highest BCUT2D eigenvalue weighted by molar-refractivity contribution is 7.12. The summed E-state index contributed by atoms with van der Waals surface area (Å²) in [5.41, 5.74) is 6.16. The predicted octanol–water partition coefficient (Wildman–Crippen LogP) is 2.87. The van der Waals surface area contributed by atoms with E-state index in [4.69, 9.17) is 4.42 Å². The molecule has 2 N–H and O–H groups in total. The van der Waals surface area contributed by atoms with Gasteiger partial charge in [-0.1, -0.05) is 24.3 Å². The van der Waals surface area contributed by atoms with Gasteiger partial charge in [0.25, 0.3) is 11.8 Å². The molecule has 2 aromatic heterocycles. The van der Waals surface area contributed by atoms with E-state index in [9.17, 15) is 14.4 Å². The Morgan fingerprint density at radius 2 is 1.96 bits per heavy atom. The normalized spacial score (nSPS) is 16.3. The number of carbonyl (C=O) groups is 3. The molecule has 0 bridgehead atoms. The van der Waals surface area contributed by atoms with Crippen LogP contribution in [0.4, 0.5) is 0 Å².